The molecule has 0 atom stereocenters. The Bertz CT molecular complexity index is 1210. The molecular weight excluding hydrogens is 469 g/mol. The number of hydrogen-bond acceptors (Lipinski definition) is 4. The van der Waals surface area contributed by atoms with Gasteiger partial charge in [0, 0.05) is 17.3 Å². The van der Waals surface area contributed by atoms with Crippen LogP contribution in [0.5, 0.6) is 5.75 Å². The van der Waals surface area contributed by atoms with Gasteiger partial charge < -0.3 is 8.38 Å². The summed E-state index contributed by atoms with van der Waals surface area (Å²) in [6.07, 6.45) is 3.12. The molecule has 0 radical (unpaired) electrons. The molecule has 1 N–H and O–H groups in total. The quantitative estimate of drug-likeness (QED) is 0.438. The Kier molecular flexibility index (Phi) is 5.07. The number of carbonyl (C=O) groups is 1. The molecule has 0 saturated heterocycles. The summed E-state index contributed by atoms with van der Waals surface area (Å²) in [6, 6.07) is 19.9. The second kappa shape index (κ2) is 7.81. The SMILES string of the molecule is O=C(Nc1cccnc1)c1c(OI)c2ccccc2n(-c2ccccc2)c1=O. The van der Waals surface area contributed by atoms with Crippen molar-refractivity contribution in [3.63, 3.8) is 0 Å². The van der Waals surface area contributed by atoms with E-state index in [-0.39, 0.29) is 11.3 Å². The number of halogens is 1. The fourth-order valence-electron chi connectivity index (χ4n) is 3.06. The van der Waals surface area contributed by atoms with Crippen LogP contribution < -0.4 is 13.9 Å². The molecule has 0 fully saturated rings. The lowest BCUT2D eigenvalue weighted by molar-refractivity contribution is 0.102. The zero-order valence-electron chi connectivity index (χ0n) is 14.5. The van der Waals surface area contributed by atoms with Crippen molar-refractivity contribution in [2.45, 2.75) is 0 Å². The molecular formula is C21H14IN3O3. The van der Waals surface area contributed by atoms with Crippen molar-refractivity contribution in [3.8, 4) is 11.4 Å². The molecule has 6 nitrogen and oxygen atoms in total. The van der Waals surface area contributed by atoms with Crippen molar-refractivity contribution in [1.29, 1.82) is 0 Å². The van der Waals surface area contributed by atoms with Crippen LogP contribution in [0.3, 0.4) is 0 Å². The summed E-state index contributed by atoms with van der Waals surface area (Å²) in [7, 11) is 0. The second-order valence-electron chi connectivity index (χ2n) is 5.97. The summed E-state index contributed by atoms with van der Waals surface area (Å²) in [5.74, 6) is -0.324. The minimum Gasteiger partial charge on any atom is -0.426 e. The average molecular weight is 483 g/mol. The predicted octanol–water partition coefficient (Wildman–Crippen LogP) is 4.37. The lowest BCUT2D eigenvalue weighted by Crippen LogP contribution is -2.29. The van der Waals surface area contributed by atoms with E-state index in [1.54, 1.807) is 41.3 Å². The van der Waals surface area contributed by atoms with Gasteiger partial charge in [0.05, 0.1) is 17.4 Å². The van der Waals surface area contributed by atoms with E-state index in [4.69, 9.17) is 3.07 Å². The highest BCUT2D eigenvalue weighted by atomic mass is 127. The smallest absolute Gasteiger partial charge is 0.272 e. The molecule has 28 heavy (non-hydrogen) atoms. The first kappa shape index (κ1) is 18.2. The number of pyridine rings is 2. The Labute approximate surface area is 174 Å². The monoisotopic (exact) mass is 483 g/mol. The Morgan fingerprint density at radius 1 is 1.00 bits per heavy atom. The number of nitrogens with one attached hydrogen (secondary N) is 1. The molecule has 138 valence electrons. The molecule has 2 aromatic heterocycles. The number of benzene rings is 2. The highest BCUT2D eigenvalue weighted by molar-refractivity contribution is 14.1. The number of para-hydroxylation sites is 2. The molecule has 2 heterocycles. The van der Waals surface area contributed by atoms with Crippen molar-refractivity contribution in [2.24, 2.45) is 0 Å². The van der Waals surface area contributed by atoms with Crippen LogP contribution in [0.4, 0.5) is 5.69 Å². The minimum absolute atomic E-state index is 0.0687. The third kappa shape index (κ3) is 3.24. The molecule has 2 aromatic carbocycles. The first-order chi connectivity index (χ1) is 13.7. The molecule has 0 spiro atoms. The van der Waals surface area contributed by atoms with Gasteiger partial charge in [-0.3, -0.25) is 19.1 Å². The normalized spacial score (nSPS) is 10.6. The molecule has 0 bridgehead atoms. The van der Waals surface area contributed by atoms with Gasteiger partial charge in [0.25, 0.3) is 11.5 Å². The molecule has 0 aliphatic heterocycles. The summed E-state index contributed by atoms with van der Waals surface area (Å²) < 4.78 is 6.99. The number of rotatable bonds is 4. The molecule has 7 heteroatoms. The van der Waals surface area contributed by atoms with E-state index in [1.165, 1.54) is 10.8 Å². The molecule has 0 aliphatic carbocycles. The van der Waals surface area contributed by atoms with E-state index < -0.39 is 11.5 Å². The van der Waals surface area contributed by atoms with Crippen LogP contribution in [-0.2, 0) is 0 Å². The van der Waals surface area contributed by atoms with Gasteiger partial charge in [-0.05, 0) is 36.4 Å². The van der Waals surface area contributed by atoms with Crippen molar-refractivity contribution >= 4 is 45.5 Å². The Morgan fingerprint density at radius 3 is 2.46 bits per heavy atom. The highest BCUT2D eigenvalue weighted by Gasteiger charge is 2.24. The van der Waals surface area contributed by atoms with E-state index in [0.717, 1.165) is 0 Å². The summed E-state index contributed by atoms with van der Waals surface area (Å²) in [5.41, 5.74) is 1.28. The van der Waals surface area contributed by atoms with Crippen LogP contribution >= 0.6 is 23.0 Å². The van der Waals surface area contributed by atoms with Crippen molar-refractivity contribution in [1.82, 2.24) is 9.55 Å². The number of anilines is 1. The summed E-state index contributed by atoms with van der Waals surface area (Å²) >= 11 is 1.69. The number of hydrogen-bond donors (Lipinski definition) is 1. The maximum absolute atomic E-state index is 13.4. The molecule has 1 amide bonds. The zero-order chi connectivity index (χ0) is 19.5. The van der Waals surface area contributed by atoms with Crippen LogP contribution in [0.15, 0.2) is 83.9 Å². The Morgan fingerprint density at radius 2 is 1.75 bits per heavy atom. The molecule has 4 aromatic rings. The largest absolute Gasteiger partial charge is 0.426 e. The lowest BCUT2D eigenvalue weighted by Gasteiger charge is -2.16. The third-order valence-electron chi connectivity index (χ3n) is 4.27. The topological polar surface area (TPSA) is 73.2 Å². The summed E-state index contributed by atoms with van der Waals surface area (Å²) in [6.45, 7) is 0. The van der Waals surface area contributed by atoms with Crippen LogP contribution in [0.2, 0.25) is 0 Å². The Hall–Kier alpha value is -3.20. The standard InChI is InChI=1S/C21H14IN3O3/c22-28-19-16-10-4-5-11-17(16)25(15-8-2-1-3-9-15)21(27)18(19)20(26)24-14-7-6-12-23-13-14/h1-13H,(H,24,26). The van der Waals surface area contributed by atoms with Crippen LogP contribution in [0.1, 0.15) is 10.4 Å². The number of carbonyl (C=O) groups excluding carboxylic acids is 1. The average Bonchev–Trinajstić information content (AvgIpc) is 2.74. The van der Waals surface area contributed by atoms with E-state index >= 15 is 0 Å². The van der Waals surface area contributed by atoms with Gasteiger partial charge in [0.1, 0.15) is 5.56 Å². The van der Waals surface area contributed by atoms with Gasteiger partial charge in [-0.15, -0.1) is 0 Å². The van der Waals surface area contributed by atoms with Gasteiger partial charge in [0.2, 0.25) is 0 Å². The summed E-state index contributed by atoms with van der Waals surface area (Å²) in [5, 5.41) is 3.38. The fraction of sp³-hybridized carbons (Fsp3) is 0. The lowest BCUT2D eigenvalue weighted by atomic mass is 10.1. The van der Waals surface area contributed by atoms with E-state index in [0.29, 0.717) is 22.3 Å². The zero-order valence-corrected chi connectivity index (χ0v) is 16.7. The first-order valence-corrected chi connectivity index (χ1v) is 9.32. The van der Waals surface area contributed by atoms with Crippen molar-refractivity contribution in [2.75, 3.05) is 5.32 Å². The van der Waals surface area contributed by atoms with Gasteiger partial charge >= 0.3 is 0 Å². The van der Waals surface area contributed by atoms with Gasteiger partial charge in [0.15, 0.2) is 28.8 Å². The molecule has 0 unspecified atom stereocenters. The molecule has 0 saturated carbocycles. The summed E-state index contributed by atoms with van der Waals surface area (Å²) in [4.78, 5) is 30.4. The van der Waals surface area contributed by atoms with E-state index in [9.17, 15) is 9.59 Å². The van der Waals surface area contributed by atoms with E-state index in [1.807, 2.05) is 54.6 Å². The van der Waals surface area contributed by atoms with Crippen molar-refractivity contribution < 1.29 is 7.86 Å². The molecule has 0 aliphatic rings. The van der Waals surface area contributed by atoms with Crippen LogP contribution in [0.25, 0.3) is 16.6 Å². The van der Waals surface area contributed by atoms with Crippen LogP contribution in [-0.4, -0.2) is 15.5 Å². The number of nitrogens with zero attached hydrogens (tertiary/aromatic N) is 2. The van der Waals surface area contributed by atoms with Crippen LogP contribution in [0, 0.1) is 0 Å². The number of amides is 1. The second-order valence-corrected chi connectivity index (χ2v) is 6.41. The fourth-order valence-corrected chi connectivity index (χ4v) is 3.52. The third-order valence-corrected chi connectivity index (χ3v) is 4.71. The van der Waals surface area contributed by atoms with E-state index in [2.05, 4.69) is 10.3 Å². The van der Waals surface area contributed by atoms with Crippen molar-refractivity contribution in [3.05, 3.63) is 95.0 Å². The van der Waals surface area contributed by atoms with Gasteiger partial charge in [-0.2, -0.15) is 0 Å². The molecule has 4 rings (SSSR count). The maximum atomic E-state index is 13.4. The number of fused-ring (bicyclic) bond motifs is 1. The minimum atomic E-state index is -0.555. The van der Waals surface area contributed by atoms with Gasteiger partial charge in [-0.25, -0.2) is 0 Å². The maximum Gasteiger partial charge on any atom is 0.272 e. The van der Waals surface area contributed by atoms with Gasteiger partial charge in [-0.1, -0.05) is 30.3 Å². The highest BCUT2D eigenvalue weighted by Crippen LogP contribution is 2.31. The first-order valence-electron chi connectivity index (χ1n) is 8.44. The number of aromatic nitrogens is 2. The Balaban J connectivity index is 1.99. The predicted molar refractivity (Wildman–Crippen MR) is 116 cm³/mol.